The lowest BCUT2D eigenvalue weighted by Gasteiger charge is -2.16. The van der Waals surface area contributed by atoms with Gasteiger partial charge < -0.3 is 9.47 Å². The van der Waals surface area contributed by atoms with Crippen LogP contribution in [0.15, 0.2) is 91.0 Å². The monoisotopic (exact) mass is 424 g/mol. The van der Waals surface area contributed by atoms with Gasteiger partial charge in [-0.2, -0.15) is 0 Å². The van der Waals surface area contributed by atoms with E-state index in [9.17, 15) is 0 Å². The number of methoxy groups -OCH3 is 2. The molecule has 0 bridgehead atoms. The third kappa shape index (κ3) is 3.49. The normalized spacial score (nSPS) is 11.1. The number of ether oxygens (including phenoxy) is 2. The number of benzene rings is 5. The van der Waals surface area contributed by atoms with E-state index in [1.54, 1.807) is 14.2 Å². The quantitative estimate of drug-likeness (QED) is 0.272. The van der Waals surface area contributed by atoms with E-state index in [0.29, 0.717) is 0 Å². The molecule has 31 heavy (non-hydrogen) atoms. The van der Waals surface area contributed by atoms with E-state index in [0.717, 1.165) is 49.5 Å². The van der Waals surface area contributed by atoms with Crippen LogP contribution in [0.5, 0.6) is 11.5 Å². The summed E-state index contributed by atoms with van der Waals surface area (Å²) in [5.74, 6) is 1.64. The smallest absolute Gasteiger partial charge is 0.118 e. The molecule has 0 saturated heterocycles. The second-order valence-electron chi connectivity index (χ2n) is 7.49. The molecule has 0 heterocycles. The van der Waals surface area contributed by atoms with Crippen LogP contribution in [0.25, 0.3) is 43.8 Å². The van der Waals surface area contributed by atoms with Crippen LogP contribution in [0.1, 0.15) is 0 Å². The number of fused-ring (bicyclic) bond motifs is 2. The van der Waals surface area contributed by atoms with E-state index >= 15 is 0 Å². The Labute approximate surface area is 186 Å². The Morgan fingerprint density at radius 1 is 0.581 bits per heavy atom. The molecule has 0 aromatic heterocycles. The van der Waals surface area contributed by atoms with Crippen LogP contribution in [0, 0.1) is 0 Å². The maximum atomic E-state index is 7.09. The first kappa shape index (κ1) is 19.5. The summed E-state index contributed by atoms with van der Waals surface area (Å²) in [6.07, 6.45) is 0. The van der Waals surface area contributed by atoms with Gasteiger partial charge in [0.2, 0.25) is 0 Å². The average Bonchev–Trinajstić information content (AvgIpc) is 2.83. The van der Waals surface area contributed by atoms with E-state index < -0.39 is 0 Å². The van der Waals surface area contributed by atoms with Gasteiger partial charge in [0.05, 0.1) is 19.2 Å². The highest BCUT2D eigenvalue weighted by molar-refractivity contribution is 6.38. The molecule has 0 radical (unpaired) electrons. The van der Waals surface area contributed by atoms with Crippen LogP contribution in [-0.2, 0) is 0 Å². The molecule has 0 unspecified atom stereocenters. The SMILES string of the molecule is COc1ccc(-c2cc3cc4ccccc4cc3c(-c3ccc(OC)cc3)c2Cl)cc1. The number of hydrogen-bond donors (Lipinski definition) is 0. The first-order chi connectivity index (χ1) is 15.2. The van der Waals surface area contributed by atoms with Crippen molar-refractivity contribution in [2.24, 2.45) is 0 Å². The summed E-state index contributed by atoms with van der Waals surface area (Å²) >= 11 is 7.09. The van der Waals surface area contributed by atoms with E-state index in [1.807, 2.05) is 36.4 Å². The highest BCUT2D eigenvalue weighted by atomic mass is 35.5. The second-order valence-corrected chi connectivity index (χ2v) is 7.87. The van der Waals surface area contributed by atoms with Crippen molar-refractivity contribution in [1.82, 2.24) is 0 Å². The highest BCUT2D eigenvalue weighted by Gasteiger charge is 2.16. The van der Waals surface area contributed by atoms with Crippen molar-refractivity contribution in [3.05, 3.63) is 96.0 Å². The van der Waals surface area contributed by atoms with E-state index in [4.69, 9.17) is 21.1 Å². The molecule has 0 aliphatic heterocycles. The minimum Gasteiger partial charge on any atom is -0.497 e. The van der Waals surface area contributed by atoms with Crippen molar-refractivity contribution in [2.45, 2.75) is 0 Å². The molecule has 0 N–H and O–H groups in total. The lowest BCUT2D eigenvalue weighted by Crippen LogP contribution is -1.90. The molecule has 3 heteroatoms. The predicted octanol–water partition coefficient (Wildman–Crippen LogP) is 8.00. The standard InChI is InChI=1S/C28H21ClO2/c1-30-23-11-7-18(8-12-23)26-17-22-15-20-5-3-4-6-21(20)16-25(22)27(28(26)29)19-9-13-24(31-2)14-10-19/h3-17H,1-2H3. The Hall–Kier alpha value is -3.49. The van der Waals surface area contributed by atoms with Crippen molar-refractivity contribution in [2.75, 3.05) is 14.2 Å². The molecule has 5 aromatic rings. The van der Waals surface area contributed by atoms with Gasteiger partial charge in [0.25, 0.3) is 0 Å². The molecule has 0 fully saturated rings. The molecule has 152 valence electrons. The Kier molecular flexibility index (Phi) is 5.01. The zero-order chi connectivity index (χ0) is 21.4. The average molecular weight is 425 g/mol. The third-order valence-electron chi connectivity index (χ3n) is 5.72. The summed E-state index contributed by atoms with van der Waals surface area (Å²) in [6, 6.07) is 31.1. The number of hydrogen-bond acceptors (Lipinski definition) is 2. The first-order valence-electron chi connectivity index (χ1n) is 10.1. The third-order valence-corrected chi connectivity index (χ3v) is 6.12. The van der Waals surface area contributed by atoms with Gasteiger partial charge in [-0.1, -0.05) is 60.1 Å². The number of rotatable bonds is 4. The maximum absolute atomic E-state index is 7.09. The maximum Gasteiger partial charge on any atom is 0.118 e. The fraction of sp³-hybridized carbons (Fsp3) is 0.0714. The topological polar surface area (TPSA) is 18.5 Å². The zero-order valence-electron chi connectivity index (χ0n) is 17.4. The van der Waals surface area contributed by atoms with Crippen molar-refractivity contribution in [3.63, 3.8) is 0 Å². The molecule has 5 aromatic carbocycles. The molecule has 0 amide bonds. The molecule has 0 atom stereocenters. The van der Waals surface area contributed by atoms with Gasteiger partial charge in [0.15, 0.2) is 0 Å². The van der Waals surface area contributed by atoms with Crippen LogP contribution in [0.2, 0.25) is 5.02 Å². The lowest BCUT2D eigenvalue weighted by molar-refractivity contribution is 0.415. The fourth-order valence-corrected chi connectivity index (χ4v) is 4.46. The van der Waals surface area contributed by atoms with Gasteiger partial charge in [-0.15, -0.1) is 0 Å². The van der Waals surface area contributed by atoms with Crippen LogP contribution >= 0.6 is 11.6 Å². The molecule has 0 saturated carbocycles. The Bertz CT molecular complexity index is 1390. The zero-order valence-corrected chi connectivity index (χ0v) is 18.1. The van der Waals surface area contributed by atoms with Gasteiger partial charge >= 0.3 is 0 Å². The van der Waals surface area contributed by atoms with Crippen molar-refractivity contribution in [3.8, 4) is 33.8 Å². The van der Waals surface area contributed by atoms with Crippen LogP contribution < -0.4 is 9.47 Å². The van der Waals surface area contributed by atoms with E-state index in [-0.39, 0.29) is 0 Å². The summed E-state index contributed by atoms with van der Waals surface area (Å²) in [5.41, 5.74) is 4.13. The summed E-state index contributed by atoms with van der Waals surface area (Å²) in [5, 5.41) is 5.42. The van der Waals surface area contributed by atoms with Gasteiger partial charge in [0, 0.05) is 11.1 Å². The largest absolute Gasteiger partial charge is 0.497 e. The summed E-state index contributed by atoms with van der Waals surface area (Å²) in [4.78, 5) is 0. The minimum absolute atomic E-state index is 0.734. The minimum atomic E-state index is 0.734. The molecule has 0 spiro atoms. The lowest BCUT2D eigenvalue weighted by atomic mass is 9.91. The molecule has 5 rings (SSSR count). The van der Waals surface area contributed by atoms with Crippen LogP contribution in [0.3, 0.4) is 0 Å². The summed E-state index contributed by atoms with van der Waals surface area (Å²) in [7, 11) is 3.35. The molecular formula is C28H21ClO2. The van der Waals surface area contributed by atoms with Gasteiger partial charge in [0.1, 0.15) is 11.5 Å². The fourth-order valence-electron chi connectivity index (χ4n) is 4.09. The summed E-state index contributed by atoms with van der Waals surface area (Å²) < 4.78 is 10.7. The number of halogens is 1. The van der Waals surface area contributed by atoms with Gasteiger partial charge in [-0.25, -0.2) is 0 Å². The van der Waals surface area contributed by atoms with Crippen LogP contribution in [0.4, 0.5) is 0 Å². The Morgan fingerprint density at radius 3 is 1.71 bits per heavy atom. The van der Waals surface area contributed by atoms with Crippen LogP contribution in [-0.4, -0.2) is 14.2 Å². The molecule has 0 aliphatic carbocycles. The highest BCUT2D eigenvalue weighted by Crippen LogP contribution is 2.43. The van der Waals surface area contributed by atoms with Crippen molar-refractivity contribution in [1.29, 1.82) is 0 Å². The summed E-state index contributed by atoms with van der Waals surface area (Å²) in [6.45, 7) is 0. The predicted molar refractivity (Wildman–Crippen MR) is 130 cm³/mol. The molecule has 0 aliphatic rings. The van der Waals surface area contributed by atoms with Gasteiger partial charge in [-0.3, -0.25) is 0 Å². The van der Waals surface area contributed by atoms with Gasteiger partial charge in [-0.05, 0) is 75.1 Å². The Morgan fingerprint density at radius 2 is 1.13 bits per heavy atom. The van der Waals surface area contributed by atoms with E-state index in [1.165, 1.54) is 10.8 Å². The van der Waals surface area contributed by atoms with Crippen molar-refractivity contribution < 1.29 is 9.47 Å². The second kappa shape index (κ2) is 7.98. The van der Waals surface area contributed by atoms with E-state index in [2.05, 4.69) is 54.6 Å². The first-order valence-corrected chi connectivity index (χ1v) is 10.5. The molecular weight excluding hydrogens is 404 g/mol. The molecule has 2 nitrogen and oxygen atoms in total. The van der Waals surface area contributed by atoms with Crippen molar-refractivity contribution >= 4 is 33.1 Å². The Balaban J connectivity index is 1.83.